The van der Waals surface area contributed by atoms with Crippen LogP contribution in [0.5, 0.6) is 0 Å². The summed E-state index contributed by atoms with van der Waals surface area (Å²) in [5.41, 5.74) is 3.56. The predicted octanol–water partition coefficient (Wildman–Crippen LogP) is 3.61. The molecule has 0 saturated heterocycles. The Morgan fingerprint density at radius 2 is 2.06 bits per heavy atom. The zero-order valence-electron chi connectivity index (χ0n) is 9.27. The highest BCUT2D eigenvalue weighted by molar-refractivity contribution is 7.09. The summed E-state index contributed by atoms with van der Waals surface area (Å²) in [5, 5.41) is 4.51. The minimum absolute atomic E-state index is 1.08. The molecule has 0 aliphatic carbocycles. The predicted molar refractivity (Wildman–Crippen MR) is 68.8 cm³/mol. The molecule has 3 aromatic rings. The van der Waals surface area contributed by atoms with Crippen LogP contribution in [-0.4, -0.2) is 9.55 Å². The average Bonchev–Trinajstić information content (AvgIpc) is 2.84. The van der Waals surface area contributed by atoms with Crippen LogP contribution in [0.25, 0.3) is 22.2 Å². The van der Waals surface area contributed by atoms with E-state index in [0.717, 1.165) is 10.7 Å². The minimum atomic E-state index is 1.08. The molecule has 0 saturated carbocycles. The van der Waals surface area contributed by atoms with Crippen molar-refractivity contribution in [2.24, 2.45) is 7.05 Å². The van der Waals surface area contributed by atoms with Crippen LogP contribution in [0.4, 0.5) is 0 Å². The molecule has 3 rings (SSSR count). The van der Waals surface area contributed by atoms with Crippen molar-refractivity contribution in [1.82, 2.24) is 9.55 Å². The molecule has 0 bridgehead atoms. The second kappa shape index (κ2) is 3.46. The van der Waals surface area contributed by atoms with E-state index in [-0.39, 0.29) is 0 Å². The van der Waals surface area contributed by atoms with Crippen molar-refractivity contribution in [1.29, 1.82) is 0 Å². The molecule has 0 aliphatic rings. The van der Waals surface area contributed by atoms with Crippen LogP contribution in [-0.2, 0) is 7.05 Å². The summed E-state index contributed by atoms with van der Waals surface area (Å²) in [6.45, 7) is 2.04. The third kappa shape index (κ3) is 1.36. The lowest BCUT2D eigenvalue weighted by Crippen LogP contribution is -1.81. The van der Waals surface area contributed by atoms with E-state index in [0.29, 0.717) is 0 Å². The first kappa shape index (κ1) is 9.60. The van der Waals surface area contributed by atoms with Gasteiger partial charge in [0.05, 0.1) is 10.7 Å². The molecule has 0 radical (unpaired) electrons. The Balaban J connectivity index is 2.32. The molecule has 2 nitrogen and oxygen atoms in total. The molecule has 16 heavy (non-hydrogen) atoms. The van der Waals surface area contributed by atoms with E-state index in [1.54, 1.807) is 11.3 Å². The van der Waals surface area contributed by atoms with Gasteiger partial charge in [-0.25, -0.2) is 4.98 Å². The number of para-hydroxylation sites is 1. The van der Waals surface area contributed by atoms with Gasteiger partial charge in [-0.1, -0.05) is 18.2 Å². The van der Waals surface area contributed by atoms with Gasteiger partial charge in [0.25, 0.3) is 0 Å². The Bertz CT molecular complexity index is 649. The molecule has 0 fully saturated rings. The number of aromatic nitrogens is 2. The first-order chi connectivity index (χ1) is 7.75. The number of benzene rings is 1. The molecule has 0 aliphatic heterocycles. The average molecular weight is 228 g/mol. The van der Waals surface area contributed by atoms with Gasteiger partial charge in [0.1, 0.15) is 0 Å². The van der Waals surface area contributed by atoms with E-state index < -0.39 is 0 Å². The molecular formula is C13H12N2S. The van der Waals surface area contributed by atoms with Crippen molar-refractivity contribution in [3.63, 3.8) is 0 Å². The van der Waals surface area contributed by atoms with Gasteiger partial charge in [0.15, 0.2) is 0 Å². The minimum Gasteiger partial charge on any atom is -0.350 e. The molecule has 1 aromatic carbocycles. The maximum absolute atomic E-state index is 4.55. The number of hydrogen-bond donors (Lipinski definition) is 0. The van der Waals surface area contributed by atoms with Gasteiger partial charge < -0.3 is 4.57 Å². The molecule has 0 N–H and O–H groups in total. The van der Waals surface area contributed by atoms with Crippen LogP contribution < -0.4 is 0 Å². The van der Waals surface area contributed by atoms with E-state index in [1.165, 1.54) is 16.5 Å². The van der Waals surface area contributed by atoms with E-state index >= 15 is 0 Å². The van der Waals surface area contributed by atoms with Crippen LogP contribution >= 0.6 is 11.3 Å². The van der Waals surface area contributed by atoms with Crippen LogP contribution in [0.15, 0.2) is 35.8 Å². The lowest BCUT2D eigenvalue weighted by Gasteiger charge is -1.93. The standard InChI is InChI=1S/C13H12N2S/c1-9-14-12(8-16-9)11-7-15(2)13-6-4-3-5-10(11)13/h3-8H,1-2H3. The van der Waals surface area contributed by atoms with E-state index in [4.69, 9.17) is 0 Å². The zero-order valence-corrected chi connectivity index (χ0v) is 10.1. The van der Waals surface area contributed by atoms with E-state index in [1.807, 2.05) is 6.92 Å². The highest BCUT2D eigenvalue weighted by Gasteiger charge is 2.09. The molecule has 2 aromatic heterocycles. The molecule has 80 valence electrons. The number of rotatable bonds is 1. The van der Waals surface area contributed by atoms with Crippen LogP contribution in [0.2, 0.25) is 0 Å². The second-order valence-electron chi connectivity index (χ2n) is 3.92. The molecule has 0 amide bonds. The summed E-state index contributed by atoms with van der Waals surface area (Å²) in [6.07, 6.45) is 2.15. The first-order valence-corrected chi connectivity index (χ1v) is 6.10. The maximum Gasteiger partial charge on any atom is 0.0901 e. The van der Waals surface area contributed by atoms with Crippen LogP contribution in [0, 0.1) is 6.92 Å². The Kier molecular flexibility index (Phi) is 2.07. The molecule has 3 heteroatoms. The zero-order chi connectivity index (χ0) is 11.1. The first-order valence-electron chi connectivity index (χ1n) is 5.22. The van der Waals surface area contributed by atoms with Crippen molar-refractivity contribution in [2.75, 3.05) is 0 Å². The number of aryl methyl sites for hydroxylation is 2. The number of hydrogen-bond acceptors (Lipinski definition) is 2. The van der Waals surface area contributed by atoms with Gasteiger partial charge in [0, 0.05) is 35.1 Å². The fraction of sp³-hybridized carbons (Fsp3) is 0.154. The number of thiazole rings is 1. The third-order valence-corrected chi connectivity index (χ3v) is 3.57. The molecule has 0 atom stereocenters. The third-order valence-electron chi connectivity index (χ3n) is 2.79. The number of nitrogens with zero attached hydrogens (tertiary/aromatic N) is 2. The topological polar surface area (TPSA) is 17.8 Å². The summed E-state index contributed by atoms with van der Waals surface area (Å²) in [7, 11) is 2.07. The second-order valence-corrected chi connectivity index (χ2v) is 4.98. The summed E-state index contributed by atoms with van der Waals surface area (Å²) < 4.78 is 2.15. The quantitative estimate of drug-likeness (QED) is 0.622. The van der Waals surface area contributed by atoms with Gasteiger partial charge in [0.2, 0.25) is 0 Å². The maximum atomic E-state index is 4.55. The Morgan fingerprint density at radius 1 is 1.25 bits per heavy atom. The van der Waals surface area contributed by atoms with E-state index in [2.05, 4.69) is 52.4 Å². The Morgan fingerprint density at radius 3 is 2.81 bits per heavy atom. The van der Waals surface area contributed by atoms with Crippen molar-refractivity contribution in [2.45, 2.75) is 6.92 Å². The van der Waals surface area contributed by atoms with Crippen molar-refractivity contribution in [3.8, 4) is 11.3 Å². The SMILES string of the molecule is Cc1nc(-c2cn(C)c3ccccc23)cs1. The van der Waals surface area contributed by atoms with Gasteiger partial charge >= 0.3 is 0 Å². The monoisotopic (exact) mass is 228 g/mol. The van der Waals surface area contributed by atoms with Gasteiger partial charge in [-0.15, -0.1) is 11.3 Å². The Hall–Kier alpha value is -1.61. The summed E-state index contributed by atoms with van der Waals surface area (Å²) in [4.78, 5) is 4.55. The van der Waals surface area contributed by atoms with Crippen molar-refractivity contribution < 1.29 is 0 Å². The van der Waals surface area contributed by atoms with Gasteiger partial charge in [-0.3, -0.25) is 0 Å². The Labute approximate surface area is 98.2 Å². The summed E-state index contributed by atoms with van der Waals surface area (Å²) in [5.74, 6) is 0. The normalized spacial score (nSPS) is 11.1. The lowest BCUT2D eigenvalue weighted by atomic mass is 10.1. The largest absolute Gasteiger partial charge is 0.350 e. The summed E-state index contributed by atoms with van der Waals surface area (Å²) >= 11 is 1.70. The fourth-order valence-corrected chi connectivity index (χ4v) is 2.65. The molecule has 0 spiro atoms. The van der Waals surface area contributed by atoms with Crippen molar-refractivity contribution >= 4 is 22.2 Å². The summed E-state index contributed by atoms with van der Waals surface area (Å²) in [6, 6.07) is 8.43. The number of fused-ring (bicyclic) bond motifs is 1. The molecule has 0 unspecified atom stereocenters. The fourth-order valence-electron chi connectivity index (χ4n) is 2.03. The van der Waals surface area contributed by atoms with Crippen molar-refractivity contribution in [3.05, 3.63) is 40.8 Å². The highest BCUT2D eigenvalue weighted by Crippen LogP contribution is 2.30. The van der Waals surface area contributed by atoms with E-state index in [9.17, 15) is 0 Å². The van der Waals surface area contributed by atoms with Gasteiger partial charge in [-0.05, 0) is 13.0 Å². The molecule has 2 heterocycles. The highest BCUT2D eigenvalue weighted by atomic mass is 32.1. The van der Waals surface area contributed by atoms with Gasteiger partial charge in [-0.2, -0.15) is 0 Å². The lowest BCUT2D eigenvalue weighted by molar-refractivity contribution is 0.969. The van der Waals surface area contributed by atoms with Crippen LogP contribution in [0.3, 0.4) is 0 Å². The molecular weight excluding hydrogens is 216 g/mol. The van der Waals surface area contributed by atoms with Crippen LogP contribution in [0.1, 0.15) is 5.01 Å². The smallest absolute Gasteiger partial charge is 0.0901 e.